The topological polar surface area (TPSA) is 57.7 Å². The van der Waals surface area contributed by atoms with E-state index in [1.54, 1.807) is 11.2 Å². The molecule has 5 rings (SSSR count). The van der Waals surface area contributed by atoms with Gasteiger partial charge < -0.3 is 4.90 Å². The first-order chi connectivity index (χ1) is 11.4. The molecule has 0 atom stereocenters. The molecule has 1 heterocycles. The minimum absolute atomic E-state index is 0.104. The van der Waals surface area contributed by atoms with Crippen LogP contribution < -0.4 is 0 Å². The Hall–Kier alpha value is -0.620. The predicted molar refractivity (Wildman–Crippen MR) is 92.8 cm³/mol. The number of rotatable bonds is 3. The van der Waals surface area contributed by atoms with Gasteiger partial charge in [0, 0.05) is 26.2 Å². The van der Waals surface area contributed by atoms with E-state index in [1.165, 1.54) is 19.3 Å². The fraction of sp³-hybridized carbons (Fsp3) is 0.944. The third-order valence-corrected chi connectivity index (χ3v) is 8.87. The SMILES string of the molecule is CCS(=O)(=O)N1CCCN(C(=O)C23CC4CC(CC(C4)C2)C3)CC1. The molecule has 1 aliphatic heterocycles. The molecule has 0 N–H and O–H groups in total. The van der Waals surface area contributed by atoms with Gasteiger partial charge in [0.1, 0.15) is 0 Å². The summed E-state index contributed by atoms with van der Waals surface area (Å²) in [5.74, 6) is 2.80. The lowest BCUT2D eigenvalue weighted by Gasteiger charge is -2.56. The zero-order chi connectivity index (χ0) is 16.9. The number of hydrogen-bond donors (Lipinski definition) is 0. The van der Waals surface area contributed by atoms with Crippen molar-refractivity contribution < 1.29 is 13.2 Å². The van der Waals surface area contributed by atoms with Gasteiger partial charge in [-0.05, 0) is 69.6 Å². The Kier molecular flexibility index (Phi) is 4.19. The van der Waals surface area contributed by atoms with Gasteiger partial charge >= 0.3 is 0 Å². The minimum atomic E-state index is -3.14. The third kappa shape index (κ3) is 2.79. The highest BCUT2D eigenvalue weighted by Gasteiger charge is 2.55. The highest BCUT2D eigenvalue weighted by atomic mass is 32.2. The maximum atomic E-state index is 13.4. The Morgan fingerprint density at radius 3 is 2.08 bits per heavy atom. The Balaban J connectivity index is 1.47. The van der Waals surface area contributed by atoms with Crippen LogP contribution in [0.5, 0.6) is 0 Å². The monoisotopic (exact) mass is 354 g/mol. The Morgan fingerprint density at radius 1 is 0.958 bits per heavy atom. The molecule has 136 valence electrons. The smallest absolute Gasteiger partial charge is 0.228 e. The first-order valence-corrected chi connectivity index (χ1v) is 11.3. The zero-order valence-electron chi connectivity index (χ0n) is 14.7. The van der Waals surface area contributed by atoms with Gasteiger partial charge in [0.15, 0.2) is 0 Å². The summed E-state index contributed by atoms with van der Waals surface area (Å²) in [5, 5.41) is 0. The van der Waals surface area contributed by atoms with Crippen LogP contribution in [0.15, 0.2) is 0 Å². The molecule has 4 aliphatic carbocycles. The normalized spacial score (nSPS) is 39.9. The Bertz CT molecular complexity index is 580. The molecule has 24 heavy (non-hydrogen) atoms. The van der Waals surface area contributed by atoms with Gasteiger partial charge in [-0.1, -0.05) is 0 Å². The summed E-state index contributed by atoms with van der Waals surface area (Å²) in [6.07, 6.45) is 8.05. The van der Waals surface area contributed by atoms with Crippen LogP contribution in [0, 0.1) is 23.2 Å². The van der Waals surface area contributed by atoms with Crippen LogP contribution in [-0.4, -0.2) is 55.5 Å². The van der Waals surface area contributed by atoms with Crippen molar-refractivity contribution in [3.05, 3.63) is 0 Å². The number of nitrogens with zero attached hydrogens (tertiary/aromatic N) is 2. The van der Waals surface area contributed by atoms with Crippen molar-refractivity contribution in [1.29, 1.82) is 0 Å². The molecule has 0 aromatic carbocycles. The van der Waals surface area contributed by atoms with E-state index in [2.05, 4.69) is 0 Å². The average molecular weight is 355 g/mol. The maximum absolute atomic E-state index is 13.4. The van der Waals surface area contributed by atoms with E-state index in [4.69, 9.17) is 0 Å². The molecular weight excluding hydrogens is 324 g/mol. The van der Waals surface area contributed by atoms with E-state index >= 15 is 0 Å². The Morgan fingerprint density at radius 2 is 1.54 bits per heavy atom. The van der Waals surface area contributed by atoms with Gasteiger partial charge in [0.05, 0.1) is 11.2 Å². The molecule has 0 spiro atoms. The summed E-state index contributed by atoms with van der Waals surface area (Å²) in [5.41, 5.74) is -0.104. The van der Waals surface area contributed by atoms with Crippen molar-refractivity contribution in [2.24, 2.45) is 23.2 Å². The second-order valence-corrected chi connectivity index (χ2v) is 10.9. The standard InChI is InChI=1S/C18H30N2O3S/c1-2-24(22,23)20-5-3-4-19(6-7-20)17(21)18-11-14-8-15(12-18)10-16(9-14)13-18/h14-16H,2-13H2,1H3. The summed E-state index contributed by atoms with van der Waals surface area (Å²) in [4.78, 5) is 15.4. The van der Waals surface area contributed by atoms with Crippen molar-refractivity contribution in [3.8, 4) is 0 Å². The predicted octanol–water partition coefficient (Wildman–Crippen LogP) is 2.09. The Labute approximate surface area is 145 Å². The first-order valence-electron chi connectivity index (χ1n) is 9.69. The number of sulfonamides is 1. The lowest BCUT2D eigenvalue weighted by atomic mass is 9.49. The van der Waals surface area contributed by atoms with E-state index in [1.807, 2.05) is 4.90 Å². The fourth-order valence-corrected chi connectivity index (χ4v) is 7.40. The van der Waals surface area contributed by atoms with Crippen LogP contribution in [0.2, 0.25) is 0 Å². The zero-order valence-corrected chi connectivity index (χ0v) is 15.6. The summed E-state index contributed by atoms with van der Waals surface area (Å²) in [7, 11) is -3.14. The van der Waals surface area contributed by atoms with Gasteiger partial charge in [-0.15, -0.1) is 0 Å². The molecule has 6 heteroatoms. The average Bonchev–Trinajstić information content (AvgIpc) is 2.79. The second-order valence-electron chi connectivity index (χ2n) is 8.64. The van der Waals surface area contributed by atoms with Crippen LogP contribution in [0.25, 0.3) is 0 Å². The first kappa shape index (κ1) is 16.8. The molecule has 1 amide bonds. The number of carbonyl (C=O) groups is 1. The molecule has 5 nitrogen and oxygen atoms in total. The second kappa shape index (κ2) is 5.97. The van der Waals surface area contributed by atoms with E-state index < -0.39 is 10.0 Å². The van der Waals surface area contributed by atoms with Gasteiger partial charge in [-0.2, -0.15) is 0 Å². The number of hydrogen-bond acceptors (Lipinski definition) is 3. The maximum Gasteiger partial charge on any atom is 0.228 e. The van der Waals surface area contributed by atoms with Gasteiger partial charge in [-0.3, -0.25) is 4.79 Å². The summed E-state index contributed by atoms with van der Waals surface area (Å²) < 4.78 is 25.8. The number of carbonyl (C=O) groups excluding carboxylic acids is 1. The molecule has 5 fully saturated rings. The molecule has 4 saturated carbocycles. The summed E-state index contributed by atoms with van der Waals surface area (Å²) in [6, 6.07) is 0. The van der Waals surface area contributed by atoms with Crippen LogP contribution in [-0.2, 0) is 14.8 Å². The van der Waals surface area contributed by atoms with Crippen LogP contribution in [0.3, 0.4) is 0 Å². The van der Waals surface area contributed by atoms with Gasteiger partial charge in [0.2, 0.25) is 15.9 Å². The summed E-state index contributed by atoms with van der Waals surface area (Å²) >= 11 is 0. The van der Waals surface area contributed by atoms with Crippen LogP contribution >= 0.6 is 0 Å². The molecule has 4 bridgehead atoms. The quantitative estimate of drug-likeness (QED) is 0.780. The summed E-state index contributed by atoms with van der Waals surface area (Å²) in [6.45, 7) is 4.00. The number of amides is 1. The van der Waals surface area contributed by atoms with Crippen LogP contribution in [0.4, 0.5) is 0 Å². The highest BCUT2D eigenvalue weighted by Crippen LogP contribution is 2.60. The van der Waals surface area contributed by atoms with Crippen LogP contribution in [0.1, 0.15) is 51.9 Å². The van der Waals surface area contributed by atoms with Crippen molar-refractivity contribution in [1.82, 2.24) is 9.21 Å². The van der Waals surface area contributed by atoms with E-state index in [9.17, 15) is 13.2 Å². The van der Waals surface area contributed by atoms with E-state index in [-0.39, 0.29) is 11.2 Å². The molecule has 0 aromatic heterocycles. The molecule has 0 aromatic rings. The minimum Gasteiger partial charge on any atom is -0.341 e. The molecule has 5 aliphatic rings. The third-order valence-electron chi connectivity index (χ3n) is 6.99. The van der Waals surface area contributed by atoms with Crippen molar-refractivity contribution in [2.45, 2.75) is 51.9 Å². The van der Waals surface area contributed by atoms with Gasteiger partial charge in [0.25, 0.3) is 0 Å². The molecule has 0 radical (unpaired) electrons. The molecular formula is C18H30N2O3S. The largest absolute Gasteiger partial charge is 0.341 e. The highest BCUT2D eigenvalue weighted by molar-refractivity contribution is 7.89. The van der Waals surface area contributed by atoms with E-state index in [0.29, 0.717) is 25.5 Å². The van der Waals surface area contributed by atoms with Crippen molar-refractivity contribution in [3.63, 3.8) is 0 Å². The van der Waals surface area contributed by atoms with Crippen molar-refractivity contribution in [2.75, 3.05) is 31.9 Å². The fourth-order valence-electron chi connectivity index (χ4n) is 6.27. The van der Waals surface area contributed by atoms with E-state index in [0.717, 1.165) is 50.0 Å². The lowest BCUT2D eigenvalue weighted by Crippen LogP contribution is -2.55. The molecule has 1 saturated heterocycles. The van der Waals surface area contributed by atoms with Gasteiger partial charge in [-0.25, -0.2) is 12.7 Å². The van der Waals surface area contributed by atoms with Crippen molar-refractivity contribution >= 4 is 15.9 Å². The molecule has 0 unspecified atom stereocenters. The lowest BCUT2D eigenvalue weighted by molar-refractivity contribution is -0.157.